The highest BCUT2D eigenvalue weighted by molar-refractivity contribution is 5.79. The first kappa shape index (κ1) is 14.9. The summed E-state index contributed by atoms with van der Waals surface area (Å²) in [5.74, 6) is 1.77. The minimum atomic E-state index is -0.388. The van der Waals surface area contributed by atoms with Gasteiger partial charge < -0.3 is 14.2 Å². The van der Waals surface area contributed by atoms with Gasteiger partial charge in [-0.05, 0) is 62.2 Å². The second-order valence-corrected chi connectivity index (χ2v) is 8.36. The van der Waals surface area contributed by atoms with Crippen LogP contribution >= 0.6 is 0 Å². The molecule has 0 aromatic heterocycles. The van der Waals surface area contributed by atoms with Gasteiger partial charge in [-0.2, -0.15) is 0 Å². The number of rotatable bonds is 4. The van der Waals surface area contributed by atoms with Gasteiger partial charge in [-0.3, -0.25) is 4.79 Å². The predicted molar refractivity (Wildman–Crippen MR) is 83.8 cm³/mol. The number of ether oxygens (including phenoxy) is 3. The first-order chi connectivity index (χ1) is 11.7. The van der Waals surface area contributed by atoms with Crippen molar-refractivity contribution in [3.8, 4) is 0 Å². The highest BCUT2D eigenvalue weighted by Crippen LogP contribution is 2.54. The molecule has 1 saturated heterocycles. The standard InChI is InChI=1S/C19H24O5/c20-17(9-22-19(21)15-8-14-1-2-16(15)23-14)24-18-12-4-10-3-11(6-12)7-13(18)5-10/h1-2,10-16,18H,3-9H2. The van der Waals surface area contributed by atoms with Crippen molar-refractivity contribution in [2.75, 3.05) is 6.61 Å². The molecule has 0 aromatic rings. The van der Waals surface area contributed by atoms with E-state index in [2.05, 4.69) is 0 Å². The van der Waals surface area contributed by atoms with Crippen LogP contribution in [0, 0.1) is 29.6 Å². The summed E-state index contributed by atoms with van der Waals surface area (Å²) in [6, 6.07) is 0. The van der Waals surface area contributed by atoms with E-state index in [0.29, 0.717) is 18.3 Å². The number of fused-ring (bicyclic) bond motifs is 2. The Morgan fingerprint density at radius 3 is 2.25 bits per heavy atom. The molecule has 0 spiro atoms. The Morgan fingerprint density at radius 1 is 0.958 bits per heavy atom. The van der Waals surface area contributed by atoms with Gasteiger partial charge in [0.2, 0.25) is 0 Å². The second kappa shape index (κ2) is 5.58. The topological polar surface area (TPSA) is 61.8 Å². The minimum Gasteiger partial charge on any atom is -0.459 e. The lowest BCUT2D eigenvalue weighted by molar-refractivity contribution is -0.179. The van der Waals surface area contributed by atoms with E-state index in [4.69, 9.17) is 14.2 Å². The number of hydrogen-bond acceptors (Lipinski definition) is 5. The summed E-state index contributed by atoms with van der Waals surface area (Å²) >= 11 is 0. The highest BCUT2D eigenvalue weighted by Gasteiger charge is 2.50. The zero-order valence-corrected chi connectivity index (χ0v) is 13.8. The van der Waals surface area contributed by atoms with Crippen molar-refractivity contribution in [2.24, 2.45) is 29.6 Å². The summed E-state index contributed by atoms with van der Waals surface area (Å²) in [6.07, 6.45) is 10.7. The fourth-order valence-electron chi connectivity index (χ4n) is 5.99. The van der Waals surface area contributed by atoms with Gasteiger partial charge >= 0.3 is 11.9 Å². The van der Waals surface area contributed by atoms with Crippen LogP contribution < -0.4 is 0 Å². The van der Waals surface area contributed by atoms with Crippen molar-refractivity contribution in [2.45, 2.75) is 56.8 Å². The minimum absolute atomic E-state index is 0.0348. The lowest BCUT2D eigenvalue weighted by atomic mass is 9.55. The molecule has 5 fully saturated rings. The molecule has 0 amide bonds. The van der Waals surface area contributed by atoms with Crippen LogP contribution in [-0.4, -0.2) is 36.9 Å². The molecule has 6 bridgehead atoms. The summed E-state index contributed by atoms with van der Waals surface area (Å²) < 4.78 is 16.5. The molecule has 3 atom stereocenters. The molecule has 4 aliphatic carbocycles. The number of carbonyl (C=O) groups excluding carboxylic acids is 2. The predicted octanol–water partition coefficient (Wildman–Crippen LogP) is 2.24. The molecule has 5 heteroatoms. The lowest BCUT2D eigenvalue weighted by Crippen LogP contribution is -2.50. The van der Waals surface area contributed by atoms with Crippen molar-refractivity contribution in [1.82, 2.24) is 0 Å². The Balaban J connectivity index is 1.13. The third kappa shape index (κ3) is 2.48. The molecular formula is C19H24O5. The lowest BCUT2D eigenvalue weighted by Gasteiger charge is -2.53. The summed E-state index contributed by atoms with van der Waals surface area (Å²) in [4.78, 5) is 24.3. The molecule has 3 unspecified atom stereocenters. The van der Waals surface area contributed by atoms with Crippen LogP contribution in [0.25, 0.3) is 0 Å². The smallest absolute Gasteiger partial charge is 0.344 e. The van der Waals surface area contributed by atoms with Crippen LogP contribution in [0.1, 0.15) is 38.5 Å². The maximum Gasteiger partial charge on any atom is 0.344 e. The van der Waals surface area contributed by atoms with E-state index in [1.165, 1.54) is 32.1 Å². The van der Waals surface area contributed by atoms with Crippen LogP contribution in [0.2, 0.25) is 0 Å². The zero-order chi connectivity index (χ0) is 16.3. The van der Waals surface area contributed by atoms with Gasteiger partial charge in [-0.15, -0.1) is 0 Å². The normalized spacial score (nSPS) is 47.2. The Kier molecular flexibility index (Phi) is 3.47. The molecule has 24 heavy (non-hydrogen) atoms. The van der Waals surface area contributed by atoms with E-state index in [1.807, 2.05) is 12.2 Å². The van der Waals surface area contributed by atoms with Crippen molar-refractivity contribution < 1.29 is 23.8 Å². The molecule has 2 heterocycles. The average molecular weight is 332 g/mol. The zero-order valence-electron chi connectivity index (χ0n) is 13.8. The van der Waals surface area contributed by atoms with Gasteiger partial charge in [-0.1, -0.05) is 12.2 Å². The van der Waals surface area contributed by atoms with Crippen molar-refractivity contribution >= 4 is 11.9 Å². The Hall–Kier alpha value is -1.36. The van der Waals surface area contributed by atoms with Crippen LogP contribution in [-0.2, 0) is 23.8 Å². The summed E-state index contributed by atoms with van der Waals surface area (Å²) in [6.45, 7) is -0.265. The summed E-state index contributed by atoms with van der Waals surface area (Å²) in [5, 5.41) is 0. The number of hydrogen-bond donors (Lipinski definition) is 0. The fraction of sp³-hybridized carbons (Fsp3) is 0.789. The van der Waals surface area contributed by atoms with Gasteiger partial charge in [0.05, 0.1) is 18.1 Å². The Morgan fingerprint density at radius 2 is 1.67 bits per heavy atom. The van der Waals surface area contributed by atoms with Gasteiger partial charge in [0.15, 0.2) is 6.61 Å². The molecule has 5 nitrogen and oxygen atoms in total. The second-order valence-electron chi connectivity index (χ2n) is 8.36. The van der Waals surface area contributed by atoms with E-state index < -0.39 is 0 Å². The van der Waals surface area contributed by atoms with Gasteiger partial charge in [0.1, 0.15) is 6.10 Å². The third-order valence-corrected chi connectivity index (χ3v) is 6.77. The Bertz CT molecular complexity index is 554. The quantitative estimate of drug-likeness (QED) is 0.584. The SMILES string of the molecule is O=C(COC(=O)C1CC2C=CC1O2)OC1C2CC3CC(C2)CC1C3. The molecule has 6 aliphatic rings. The molecule has 0 N–H and O–H groups in total. The molecule has 4 saturated carbocycles. The van der Waals surface area contributed by atoms with Crippen molar-refractivity contribution in [3.05, 3.63) is 12.2 Å². The molecule has 130 valence electrons. The maximum atomic E-state index is 12.2. The number of esters is 2. The van der Waals surface area contributed by atoms with E-state index in [-0.39, 0.29) is 42.8 Å². The van der Waals surface area contributed by atoms with Crippen LogP contribution in [0.15, 0.2) is 12.2 Å². The molecule has 6 rings (SSSR count). The highest BCUT2D eigenvalue weighted by atomic mass is 16.6. The largest absolute Gasteiger partial charge is 0.459 e. The summed E-state index contributed by atoms with van der Waals surface area (Å²) in [7, 11) is 0. The first-order valence-corrected chi connectivity index (χ1v) is 9.35. The van der Waals surface area contributed by atoms with Crippen LogP contribution in [0.4, 0.5) is 0 Å². The average Bonchev–Trinajstić information content (AvgIpc) is 3.18. The van der Waals surface area contributed by atoms with E-state index in [9.17, 15) is 9.59 Å². The monoisotopic (exact) mass is 332 g/mol. The van der Waals surface area contributed by atoms with Gasteiger partial charge in [-0.25, -0.2) is 4.79 Å². The molecule has 0 aromatic carbocycles. The van der Waals surface area contributed by atoms with Crippen LogP contribution in [0.3, 0.4) is 0 Å². The third-order valence-electron chi connectivity index (χ3n) is 6.77. The Labute approximate surface area is 141 Å². The van der Waals surface area contributed by atoms with Crippen molar-refractivity contribution in [1.29, 1.82) is 0 Å². The number of carbonyl (C=O) groups is 2. The van der Waals surface area contributed by atoms with E-state index in [0.717, 1.165) is 11.8 Å². The van der Waals surface area contributed by atoms with Crippen molar-refractivity contribution in [3.63, 3.8) is 0 Å². The molecule has 0 radical (unpaired) electrons. The fourth-order valence-corrected chi connectivity index (χ4v) is 5.99. The van der Waals surface area contributed by atoms with Crippen LogP contribution in [0.5, 0.6) is 0 Å². The summed E-state index contributed by atoms with van der Waals surface area (Å²) in [5.41, 5.74) is 0. The first-order valence-electron chi connectivity index (χ1n) is 9.35. The van der Waals surface area contributed by atoms with E-state index in [1.54, 1.807) is 0 Å². The molecule has 2 aliphatic heterocycles. The maximum absolute atomic E-state index is 12.2. The van der Waals surface area contributed by atoms with Gasteiger partial charge in [0.25, 0.3) is 0 Å². The van der Waals surface area contributed by atoms with Gasteiger partial charge in [0, 0.05) is 0 Å². The molecular weight excluding hydrogens is 308 g/mol. The van der Waals surface area contributed by atoms with E-state index >= 15 is 0 Å².